The summed E-state index contributed by atoms with van der Waals surface area (Å²) >= 11 is 0. The number of hydrogen-bond donors (Lipinski definition) is 0. The monoisotopic (exact) mass is 336 g/mol. The lowest BCUT2D eigenvalue weighted by Gasteiger charge is -2.27. The summed E-state index contributed by atoms with van der Waals surface area (Å²) in [6, 6.07) is 14.6. The van der Waals surface area contributed by atoms with Gasteiger partial charge in [0, 0.05) is 19.2 Å². The lowest BCUT2D eigenvalue weighted by atomic mass is 10.1. The molecule has 2 aromatic carbocycles. The predicted octanol–water partition coefficient (Wildman–Crippen LogP) is 2.54. The van der Waals surface area contributed by atoms with Crippen LogP contribution in [-0.4, -0.2) is 54.7 Å². The first kappa shape index (κ1) is 15.9. The standard InChI is InChI=1S/C19H20N4O2/c1-23(12-17-13-24-8-9-25-17)19-21-18(11-20-22-19)16-7-6-14-4-2-3-5-15(14)10-16/h2-7,10-11,17H,8-9,12-13H2,1H3. The van der Waals surface area contributed by atoms with Crippen LogP contribution in [0.1, 0.15) is 0 Å². The molecule has 1 atom stereocenters. The largest absolute Gasteiger partial charge is 0.376 e. The average molecular weight is 336 g/mol. The van der Waals surface area contributed by atoms with Crippen molar-refractivity contribution in [2.24, 2.45) is 0 Å². The molecule has 0 amide bonds. The van der Waals surface area contributed by atoms with E-state index in [4.69, 9.17) is 9.47 Å². The van der Waals surface area contributed by atoms with Crippen molar-refractivity contribution in [1.29, 1.82) is 0 Å². The van der Waals surface area contributed by atoms with E-state index in [1.807, 2.05) is 24.1 Å². The first-order valence-electron chi connectivity index (χ1n) is 8.39. The summed E-state index contributed by atoms with van der Waals surface area (Å²) in [5, 5.41) is 10.7. The van der Waals surface area contributed by atoms with Crippen LogP contribution in [0.4, 0.5) is 5.95 Å². The highest BCUT2D eigenvalue weighted by Crippen LogP contribution is 2.23. The maximum atomic E-state index is 5.69. The molecule has 128 valence electrons. The number of aromatic nitrogens is 3. The minimum absolute atomic E-state index is 0.0340. The molecule has 1 fully saturated rings. The first-order valence-corrected chi connectivity index (χ1v) is 8.39. The molecule has 1 unspecified atom stereocenters. The Labute approximate surface area is 146 Å². The molecule has 6 nitrogen and oxygen atoms in total. The van der Waals surface area contributed by atoms with Crippen molar-refractivity contribution in [3.05, 3.63) is 48.7 Å². The van der Waals surface area contributed by atoms with E-state index in [1.54, 1.807) is 6.20 Å². The highest BCUT2D eigenvalue weighted by atomic mass is 16.6. The van der Waals surface area contributed by atoms with E-state index in [-0.39, 0.29) is 6.10 Å². The average Bonchev–Trinajstić information content (AvgIpc) is 2.68. The molecule has 0 radical (unpaired) electrons. The van der Waals surface area contributed by atoms with E-state index in [0.29, 0.717) is 32.3 Å². The Kier molecular flexibility index (Phi) is 4.54. The Morgan fingerprint density at radius 3 is 2.84 bits per heavy atom. The van der Waals surface area contributed by atoms with E-state index in [0.717, 1.165) is 11.3 Å². The maximum Gasteiger partial charge on any atom is 0.245 e. The third kappa shape index (κ3) is 3.60. The van der Waals surface area contributed by atoms with Gasteiger partial charge in [-0.15, -0.1) is 5.10 Å². The fraction of sp³-hybridized carbons (Fsp3) is 0.316. The van der Waals surface area contributed by atoms with Crippen LogP contribution in [0.2, 0.25) is 0 Å². The lowest BCUT2D eigenvalue weighted by molar-refractivity contribution is -0.0838. The van der Waals surface area contributed by atoms with Crippen molar-refractivity contribution in [2.75, 3.05) is 38.3 Å². The summed E-state index contributed by atoms with van der Waals surface area (Å²) in [5.74, 6) is 0.583. The number of nitrogens with zero attached hydrogens (tertiary/aromatic N) is 4. The second kappa shape index (κ2) is 7.13. The van der Waals surface area contributed by atoms with Gasteiger partial charge >= 0.3 is 0 Å². The van der Waals surface area contributed by atoms with Gasteiger partial charge in [-0.3, -0.25) is 0 Å². The summed E-state index contributed by atoms with van der Waals surface area (Å²) in [5.41, 5.74) is 1.84. The fourth-order valence-electron chi connectivity index (χ4n) is 2.97. The summed E-state index contributed by atoms with van der Waals surface area (Å²) < 4.78 is 11.1. The molecule has 1 aliphatic heterocycles. The number of hydrogen-bond acceptors (Lipinski definition) is 6. The molecule has 0 spiro atoms. The fourth-order valence-corrected chi connectivity index (χ4v) is 2.97. The van der Waals surface area contributed by atoms with Gasteiger partial charge in [-0.05, 0) is 16.8 Å². The van der Waals surface area contributed by atoms with Crippen LogP contribution < -0.4 is 4.90 Å². The molecule has 0 N–H and O–H groups in total. The second-order valence-corrected chi connectivity index (χ2v) is 6.15. The minimum Gasteiger partial charge on any atom is -0.376 e. The molecule has 0 aliphatic carbocycles. The number of rotatable bonds is 4. The van der Waals surface area contributed by atoms with Crippen molar-refractivity contribution in [3.63, 3.8) is 0 Å². The minimum atomic E-state index is 0.0340. The predicted molar refractivity (Wildman–Crippen MR) is 96.6 cm³/mol. The van der Waals surface area contributed by atoms with Crippen LogP contribution in [-0.2, 0) is 9.47 Å². The van der Waals surface area contributed by atoms with E-state index in [9.17, 15) is 0 Å². The summed E-state index contributed by atoms with van der Waals surface area (Å²) in [7, 11) is 1.94. The Morgan fingerprint density at radius 2 is 2.00 bits per heavy atom. The van der Waals surface area contributed by atoms with E-state index in [1.165, 1.54) is 10.8 Å². The van der Waals surface area contributed by atoms with Gasteiger partial charge in [-0.2, -0.15) is 5.10 Å². The normalized spacial score (nSPS) is 17.6. The van der Waals surface area contributed by atoms with Crippen LogP contribution in [0.25, 0.3) is 22.0 Å². The van der Waals surface area contributed by atoms with Crippen LogP contribution in [0.3, 0.4) is 0 Å². The quantitative estimate of drug-likeness (QED) is 0.730. The number of ether oxygens (including phenoxy) is 2. The van der Waals surface area contributed by atoms with Crippen molar-refractivity contribution < 1.29 is 9.47 Å². The molecule has 2 heterocycles. The molecule has 1 aliphatic rings. The zero-order valence-corrected chi connectivity index (χ0v) is 14.1. The molecule has 1 saturated heterocycles. The van der Waals surface area contributed by atoms with Crippen LogP contribution in [0, 0.1) is 0 Å². The Hall–Kier alpha value is -2.57. The summed E-state index contributed by atoms with van der Waals surface area (Å²) in [6.45, 7) is 2.56. The third-order valence-electron chi connectivity index (χ3n) is 4.30. The van der Waals surface area contributed by atoms with E-state index in [2.05, 4.69) is 45.5 Å². The van der Waals surface area contributed by atoms with Gasteiger partial charge in [0.15, 0.2) is 0 Å². The van der Waals surface area contributed by atoms with Crippen LogP contribution >= 0.6 is 0 Å². The smallest absolute Gasteiger partial charge is 0.245 e. The second-order valence-electron chi connectivity index (χ2n) is 6.15. The zero-order valence-electron chi connectivity index (χ0n) is 14.1. The summed E-state index contributed by atoms with van der Waals surface area (Å²) in [4.78, 5) is 6.63. The van der Waals surface area contributed by atoms with Gasteiger partial charge in [0.1, 0.15) is 0 Å². The SMILES string of the molecule is CN(CC1COCCO1)c1nncc(-c2ccc3ccccc3c2)n1. The number of likely N-dealkylation sites (N-methyl/N-ethyl adjacent to an activating group) is 1. The highest BCUT2D eigenvalue weighted by molar-refractivity contribution is 5.86. The van der Waals surface area contributed by atoms with Gasteiger partial charge in [0.25, 0.3) is 0 Å². The van der Waals surface area contributed by atoms with Crippen LogP contribution in [0.15, 0.2) is 48.7 Å². The topological polar surface area (TPSA) is 60.4 Å². The molecule has 0 bridgehead atoms. The Balaban J connectivity index is 1.57. The van der Waals surface area contributed by atoms with E-state index < -0.39 is 0 Å². The van der Waals surface area contributed by atoms with Gasteiger partial charge in [0.2, 0.25) is 5.95 Å². The first-order chi connectivity index (χ1) is 12.3. The van der Waals surface area contributed by atoms with Crippen LogP contribution in [0.5, 0.6) is 0 Å². The van der Waals surface area contributed by atoms with Gasteiger partial charge in [0.05, 0.1) is 37.8 Å². The molecule has 25 heavy (non-hydrogen) atoms. The van der Waals surface area contributed by atoms with Crippen molar-refractivity contribution in [1.82, 2.24) is 15.2 Å². The molecule has 0 saturated carbocycles. The number of benzene rings is 2. The highest BCUT2D eigenvalue weighted by Gasteiger charge is 2.18. The van der Waals surface area contributed by atoms with Crippen molar-refractivity contribution >= 4 is 16.7 Å². The van der Waals surface area contributed by atoms with Crippen molar-refractivity contribution in [2.45, 2.75) is 6.10 Å². The van der Waals surface area contributed by atoms with Gasteiger partial charge < -0.3 is 14.4 Å². The van der Waals surface area contributed by atoms with Crippen molar-refractivity contribution in [3.8, 4) is 11.3 Å². The Bertz CT molecular complexity index is 865. The third-order valence-corrected chi connectivity index (χ3v) is 4.30. The molecule has 1 aromatic heterocycles. The van der Waals surface area contributed by atoms with Gasteiger partial charge in [-0.1, -0.05) is 36.4 Å². The van der Waals surface area contributed by atoms with Gasteiger partial charge in [-0.25, -0.2) is 4.98 Å². The summed E-state index contributed by atoms with van der Waals surface area (Å²) in [6.07, 6.45) is 1.73. The van der Waals surface area contributed by atoms with E-state index >= 15 is 0 Å². The molecule has 4 rings (SSSR count). The molecular weight excluding hydrogens is 316 g/mol. The Morgan fingerprint density at radius 1 is 1.12 bits per heavy atom. The molecular formula is C19H20N4O2. The zero-order chi connectivity index (χ0) is 17.1. The maximum absolute atomic E-state index is 5.69. The molecule has 6 heteroatoms. The lowest BCUT2D eigenvalue weighted by Crippen LogP contribution is -2.39. The number of fused-ring (bicyclic) bond motifs is 1. The molecule has 3 aromatic rings. The number of anilines is 1.